The number of hydrogen-bond acceptors (Lipinski definition) is 6. The van der Waals surface area contributed by atoms with Gasteiger partial charge in [0.05, 0.1) is 23.9 Å². The number of benzene rings is 1. The van der Waals surface area contributed by atoms with Crippen molar-refractivity contribution in [3.8, 4) is 0 Å². The molecule has 0 spiro atoms. The topological polar surface area (TPSA) is 103 Å². The number of piperidine rings is 1. The third-order valence-corrected chi connectivity index (χ3v) is 8.63. The van der Waals surface area contributed by atoms with Gasteiger partial charge < -0.3 is 24.5 Å². The third-order valence-electron chi connectivity index (χ3n) is 8.44. The highest BCUT2D eigenvalue weighted by Gasteiger charge is 2.42. The highest BCUT2D eigenvalue weighted by atomic mass is 35.5. The van der Waals surface area contributed by atoms with Crippen molar-refractivity contribution in [3.63, 3.8) is 0 Å². The number of carboxylic acid groups (broad SMARTS) is 1. The van der Waals surface area contributed by atoms with E-state index in [4.69, 9.17) is 21.4 Å². The van der Waals surface area contributed by atoms with Gasteiger partial charge in [-0.15, -0.1) is 0 Å². The zero-order valence-electron chi connectivity index (χ0n) is 24.4. The van der Waals surface area contributed by atoms with E-state index in [1.165, 1.54) is 0 Å². The smallest absolute Gasteiger partial charge is 0.335 e. The number of likely N-dealkylation sites (tertiary alicyclic amines) is 1. The number of Topliss-reactive ketones (excluding diaryl/α,β-unsaturated/α-hetero) is 1. The number of methoxy groups -OCH3 is 1. The molecule has 1 N–H and O–H groups in total. The number of carbonyl (C=O) groups excluding carboxylic acids is 2. The van der Waals surface area contributed by atoms with Crippen LogP contribution in [-0.2, 0) is 11.3 Å². The number of pyridine rings is 1. The summed E-state index contributed by atoms with van der Waals surface area (Å²) in [6, 6.07) is 8.94. The molecule has 2 atom stereocenters. The molecule has 1 unspecified atom stereocenters. The molecular formula is C31H41ClN4O5. The molecule has 3 heterocycles. The summed E-state index contributed by atoms with van der Waals surface area (Å²) in [5, 5.41) is 9.57. The van der Waals surface area contributed by atoms with Gasteiger partial charge in [-0.3, -0.25) is 4.79 Å². The van der Waals surface area contributed by atoms with Crippen LogP contribution in [0.4, 0.5) is 4.79 Å². The number of amides is 2. The van der Waals surface area contributed by atoms with Crippen molar-refractivity contribution in [3.05, 3.63) is 63.4 Å². The first-order chi connectivity index (χ1) is 19.6. The van der Waals surface area contributed by atoms with E-state index in [0.29, 0.717) is 48.6 Å². The minimum atomic E-state index is -0.963. The van der Waals surface area contributed by atoms with Gasteiger partial charge in [-0.2, -0.15) is 0 Å². The summed E-state index contributed by atoms with van der Waals surface area (Å²) in [6.07, 6.45) is 4.02. The molecule has 2 amide bonds. The number of halogens is 1. The molecule has 0 aliphatic carbocycles. The van der Waals surface area contributed by atoms with Gasteiger partial charge in [0.15, 0.2) is 5.78 Å². The SMILES string of the molecule is COC[C@@H]1CN(Cc2ccc(C(=O)O)cc2)C(=O)N1C1CCN(C(C)CCCC(=O)c2c(C)cc(Cl)nc2C)CC1. The summed E-state index contributed by atoms with van der Waals surface area (Å²) in [5.74, 6) is -0.843. The van der Waals surface area contributed by atoms with Crippen LogP contribution in [0.3, 0.4) is 0 Å². The summed E-state index contributed by atoms with van der Waals surface area (Å²) in [6.45, 7) is 9.26. The Bertz CT molecular complexity index is 1220. The Morgan fingerprint density at radius 3 is 2.46 bits per heavy atom. The Labute approximate surface area is 247 Å². The van der Waals surface area contributed by atoms with Crippen LogP contribution in [0, 0.1) is 13.8 Å². The summed E-state index contributed by atoms with van der Waals surface area (Å²) < 4.78 is 5.48. The van der Waals surface area contributed by atoms with Gasteiger partial charge in [-0.1, -0.05) is 23.7 Å². The molecule has 9 nitrogen and oxygen atoms in total. The van der Waals surface area contributed by atoms with Gasteiger partial charge >= 0.3 is 12.0 Å². The minimum absolute atomic E-state index is 0.0138. The number of ether oxygens (including phenoxy) is 1. The predicted molar refractivity (Wildman–Crippen MR) is 158 cm³/mol. The number of aromatic nitrogens is 1. The molecule has 0 radical (unpaired) electrons. The summed E-state index contributed by atoms with van der Waals surface area (Å²) in [5.41, 5.74) is 3.39. The Morgan fingerprint density at radius 2 is 1.85 bits per heavy atom. The molecule has 1 aromatic carbocycles. The molecule has 2 fully saturated rings. The van der Waals surface area contributed by atoms with Crippen LogP contribution in [-0.4, -0.2) is 94.1 Å². The van der Waals surface area contributed by atoms with Crippen molar-refractivity contribution in [1.82, 2.24) is 19.7 Å². The van der Waals surface area contributed by atoms with E-state index in [9.17, 15) is 14.4 Å². The van der Waals surface area contributed by atoms with Crippen LogP contribution >= 0.6 is 11.6 Å². The van der Waals surface area contributed by atoms with Gasteiger partial charge in [0.1, 0.15) is 5.15 Å². The van der Waals surface area contributed by atoms with Crippen LogP contribution in [0.1, 0.15) is 76.6 Å². The van der Waals surface area contributed by atoms with Crippen molar-refractivity contribution in [1.29, 1.82) is 0 Å². The zero-order chi connectivity index (χ0) is 29.7. The second-order valence-electron chi connectivity index (χ2n) is 11.3. The molecule has 2 aromatic rings. The van der Waals surface area contributed by atoms with Crippen molar-refractivity contribution in [2.75, 3.05) is 33.4 Å². The Hall–Kier alpha value is -3.01. The van der Waals surface area contributed by atoms with E-state index in [2.05, 4.69) is 16.8 Å². The first-order valence-electron chi connectivity index (χ1n) is 14.4. The maximum atomic E-state index is 13.5. The molecule has 2 saturated heterocycles. The van der Waals surface area contributed by atoms with E-state index in [0.717, 1.165) is 49.9 Å². The largest absolute Gasteiger partial charge is 0.478 e. The van der Waals surface area contributed by atoms with Gasteiger partial charge in [0.2, 0.25) is 0 Å². The maximum Gasteiger partial charge on any atom is 0.335 e. The van der Waals surface area contributed by atoms with E-state index in [1.807, 2.05) is 23.6 Å². The number of carbonyl (C=O) groups is 3. The van der Waals surface area contributed by atoms with Gasteiger partial charge in [0, 0.05) is 57.4 Å². The van der Waals surface area contributed by atoms with Gasteiger partial charge in [-0.05, 0) is 75.8 Å². The number of aromatic carboxylic acids is 1. The molecule has 1 aromatic heterocycles. The van der Waals surface area contributed by atoms with E-state index in [1.54, 1.807) is 37.4 Å². The fraction of sp³-hybridized carbons (Fsp3) is 0.548. The molecule has 4 rings (SSSR count). The second-order valence-corrected chi connectivity index (χ2v) is 11.7. The molecule has 2 aliphatic heterocycles. The lowest BCUT2D eigenvalue weighted by Gasteiger charge is -2.41. The van der Waals surface area contributed by atoms with Crippen LogP contribution in [0.25, 0.3) is 0 Å². The Kier molecular flexibility index (Phi) is 10.4. The summed E-state index contributed by atoms with van der Waals surface area (Å²) in [4.78, 5) is 48.1. The number of nitrogens with zero attached hydrogens (tertiary/aromatic N) is 4. The van der Waals surface area contributed by atoms with Crippen molar-refractivity contribution in [2.45, 2.75) is 77.5 Å². The fourth-order valence-electron chi connectivity index (χ4n) is 6.30. The van der Waals surface area contributed by atoms with Crippen LogP contribution in [0.5, 0.6) is 0 Å². The second kappa shape index (κ2) is 13.8. The maximum absolute atomic E-state index is 13.5. The van der Waals surface area contributed by atoms with Crippen molar-refractivity contribution >= 4 is 29.4 Å². The number of carboxylic acids is 1. The standard InChI is InChI=1S/C31H41ClN4O5/c1-20-16-28(32)33-22(3)29(20)27(37)7-5-6-21(2)34-14-12-25(13-15-34)36-26(19-41-4)18-35(31(36)40)17-23-8-10-24(11-9-23)30(38)39/h8-11,16,21,25-26H,5-7,12-15,17-19H2,1-4H3,(H,38,39)/t21?,26-/m0/s1. The Morgan fingerprint density at radius 1 is 1.17 bits per heavy atom. The zero-order valence-corrected chi connectivity index (χ0v) is 25.2. The molecule has 0 saturated carbocycles. The number of rotatable bonds is 12. The van der Waals surface area contributed by atoms with E-state index < -0.39 is 5.97 Å². The van der Waals surface area contributed by atoms with Crippen LogP contribution in [0.2, 0.25) is 5.15 Å². The van der Waals surface area contributed by atoms with Crippen molar-refractivity contribution in [2.24, 2.45) is 0 Å². The normalized spacial score (nSPS) is 19.1. The van der Waals surface area contributed by atoms with Gasteiger partial charge in [0.25, 0.3) is 0 Å². The average molecular weight is 585 g/mol. The number of ketones is 1. The predicted octanol–water partition coefficient (Wildman–Crippen LogP) is 5.21. The number of hydrogen-bond donors (Lipinski definition) is 1. The highest BCUT2D eigenvalue weighted by Crippen LogP contribution is 2.28. The lowest BCUT2D eigenvalue weighted by atomic mass is 9.97. The molecule has 0 bridgehead atoms. The minimum Gasteiger partial charge on any atom is -0.478 e. The Balaban J connectivity index is 1.28. The third kappa shape index (κ3) is 7.45. The lowest BCUT2D eigenvalue weighted by molar-refractivity contribution is 0.0660. The quantitative estimate of drug-likeness (QED) is 0.270. The lowest BCUT2D eigenvalue weighted by Crippen LogP contribution is -2.51. The molecular weight excluding hydrogens is 544 g/mol. The van der Waals surface area contributed by atoms with E-state index >= 15 is 0 Å². The highest BCUT2D eigenvalue weighted by molar-refractivity contribution is 6.29. The summed E-state index contributed by atoms with van der Waals surface area (Å²) >= 11 is 6.02. The molecule has 222 valence electrons. The molecule has 10 heteroatoms. The number of aryl methyl sites for hydroxylation is 2. The van der Waals surface area contributed by atoms with Crippen LogP contribution in [0.15, 0.2) is 30.3 Å². The number of urea groups is 1. The van der Waals surface area contributed by atoms with E-state index in [-0.39, 0.29) is 29.5 Å². The monoisotopic (exact) mass is 584 g/mol. The first kappa shape index (κ1) is 30.9. The van der Waals surface area contributed by atoms with Crippen molar-refractivity contribution < 1.29 is 24.2 Å². The summed E-state index contributed by atoms with van der Waals surface area (Å²) in [7, 11) is 1.66. The molecule has 41 heavy (non-hydrogen) atoms. The fourth-order valence-corrected chi connectivity index (χ4v) is 6.59. The van der Waals surface area contributed by atoms with Crippen LogP contribution < -0.4 is 0 Å². The first-order valence-corrected chi connectivity index (χ1v) is 14.8. The molecule has 2 aliphatic rings. The van der Waals surface area contributed by atoms with Gasteiger partial charge in [-0.25, -0.2) is 14.6 Å². The average Bonchev–Trinajstić information content (AvgIpc) is 3.22.